The van der Waals surface area contributed by atoms with Crippen molar-refractivity contribution in [2.45, 2.75) is 31.4 Å². The van der Waals surface area contributed by atoms with E-state index in [2.05, 4.69) is 5.32 Å². The van der Waals surface area contributed by atoms with Crippen LogP contribution < -0.4 is 10.1 Å². The van der Waals surface area contributed by atoms with Gasteiger partial charge in [0.1, 0.15) is 5.75 Å². The first kappa shape index (κ1) is 15.0. The minimum Gasteiger partial charge on any atom is -0.478 e. The summed E-state index contributed by atoms with van der Waals surface area (Å²) in [6, 6.07) is 7.49. The molecular formula is C17H19N3O4. The molecular weight excluding hydrogens is 310 g/mol. The van der Waals surface area contributed by atoms with Crippen LogP contribution in [0.5, 0.6) is 5.75 Å². The Labute approximate surface area is 139 Å². The summed E-state index contributed by atoms with van der Waals surface area (Å²) in [6.07, 6.45) is 1.21. The molecule has 1 saturated carbocycles. The summed E-state index contributed by atoms with van der Waals surface area (Å²) in [6.45, 7) is 1.20. The summed E-state index contributed by atoms with van der Waals surface area (Å²) in [4.78, 5) is 40.1. The molecule has 7 heteroatoms. The predicted molar refractivity (Wildman–Crippen MR) is 85.4 cm³/mol. The van der Waals surface area contributed by atoms with Crippen molar-refractivity contribution < 1.29 is 19.1 Å². The van der Waals surface area contributed by atoms with E-state index in [1.807, 2.05) is 11.0 Å². The molecule has 2 aliphatic heterocycles. The highest BCUT2D eigenvalue weighted by Gasteiger charge is 2.38. The van der Waals surface area contributed by atoms with E-state index < -0.39 is 6.10 Å². The number of carbonyl (C=O) groups excluding carboxylic acids is 3. The van der Waals surface area contributed by atoms with Crippen LogP contribution in [0.4, 0.5) is 5.69 Å². The SMILES string of the molecule is O=C1Nc2ccccc2OC1CC(=O)N1CCN(C2CC2)C(=O)C1. The van der Waals surface area contributed by atoms with Gasteiger partial charge in [-0.1, -0.05) is 12.1 Å². The Bertz CT molecular complexity index is 701. The average Bonchev–Trinajstić information content (AvgIpc) is 3.40. The van der Waals surface area contributed by atoms with Gasteiger partial charge < -0.3 is 19.9 Å². The van der Waals surface area contributed by atoms with Gasteiger partial charge in [0, 0.05) is 19.1 Å². The first-order valence-corrected chi connectivity index (χ1v) is 8.25. The largest absolute Gasteiger partial charge is 0.478 e. The second-order valence-electron chi connectivity index (χ2n) is 6.43. The van der Waals surface area contributed by atoms with Crippen LogP contribution in [0.25, 0.3) is 0 Å². The fourth-order valence-electron chi connectivity index (χ4n) is 3.19. The van der Waals surface area contributed by atoms with Crippen LogP contribution in [0.2, 0.25) is 0 Å². The van der Waals surface area contributed by atoms with Crippen molar-refractivity contribution >= 4 is 23.4 Å². The Morgan fingerprint density at radius 2 is 2.00 bits per heavy atom. The van der Waals surface area contributed by atoms with Crippen molar-refractivity contribution in [2.75, 3.05) is 25.0 Å². The molecule has 126 valence electrons. The fraction of sp³-hybridized carbons (Fsp3) is 0.471. The van der Waals surface area contributed by atoms with Gasteiger partial charge in [-0.05, 0) is 25.0 Å². The molecule has 2 fully saturated rings. The van der Waals surface area contributed by atoms with E-state index in [9.17, 15) is 14.4 Å². The maximum Gasteiger partial charge on any atom is 0.266 e. The standard InChI is InChI=1S/C17H19N3O4/c21-15(19-7-8-20(11-5-6-11)16(22)10-19)9-14-17(23)18-12-3-1-2-4-13(12)24-14/h1-4,11,14H,5-10H2,(H,18,23). The molecule has 24 heavy (non-hydrogen) atoms. The molecule has 1 aromatic carbocycles. The number of ether oxygens (including phenoxy) is 1. The summed E-state index contributed by atoms with van der Waals surface area (Å²) in [7, 11) is 0. The monoisotopic (exact) mass is 329 g/mol. The van der Waals surface area contributed by atoms with E-state index >= 15 is 0 Å². The zero-order valence-corrected chi connectivity index (χ0v) is 13.2. The van der Waals surface area contributed by atoms with Crippen molar-refractivity contribution in [3.8, 4) is 5.75 Å². The van der Waals surface area contributed by atoms with Gasteiger partial charge in [0.2, 0.25) is 11.8 Å². The van der Waals surface area contributed by atoms with E-state index in [-0.39, 0.29) is 30.7 Å². The van der Waals surface area contributed by atoms with Gasteiger partial charge in [0.05, 0.1) is 18.7 Å². The first-order chi connectivity index (χ1) is 11.6. The van der Waals surface area contributed by atoms with Crippen LogP contribution in [-0.4, -0.2) is 59.3 Å². The quantitative estimate of drug-likeness (QED) is 0.881. The van der Waals surface area contributed by atoms with Crippen molar-refractivity contribution in [1.82, 2.24) is 9.80 Å². The third-order valence-electron chi connectivity index (χ3n) is 4.66. The lowest BCUT2D eigenvalue weighted by Gasteiger charge is -2.35. The van der Waals surface area contributed by atoms with Gasteiger partial charge in [-0.3, -0.25) is 14.4 Å². The number of para-hydroxylation sites is 2. The molecule has 2 heterocycles. The molecule has 0 aromatic heterocycles. The number of benzene rings is 1. The third kappa shape index (κ3) is 2.81. The summed E-state index contributed by atoms with van der Waals surface area (Å²) in [5, 5.41) is 2.75. The van der Waals surface area contributed by atoms with Gasteiger partial charge in [-0.25, -0.2) is 0 Å². The molecule has 1 aliphatic carbocycles. The highest BCUT2D eigenvalue weighted by Crippen LogP contribution is 2.30. The lowest BCUT2D eigenvalue weighted by atomic mass is 10.1. The van der Waals surface area contributed by atoms with E-state index in [0.29, 0.717) is 30.6 Å². The van der Waals surface area contributed by atoms with Gasteiger partial charge in [-0.15, -0.1) is 0 Å². The highest BCUT2D eigenvalue weighted by molar-refractivity contribution is 6.00. The molecule has 1 atom stereocenters. The van der Waals surface area contributed by atoms with Crippen LogP contribution in [0, 0.1) is 0 Å². The highest BCUT2D eigenvalue weighted by atomic mass is 16.5. The number of amides is 3. The zero-order valence-electron chi connectivity index (χ0n) is 13.2. The number of hydrogen-bond donors (Lipinski definition) is 1. The van der Waals surface area contributed by atoms with Gasteiger partial charge in [-0.2, -0.15) is 0 Å². The fourth-order valence-corrected chi connectivity index (χ4v) is 3.19. The number of piperazine rings is 1. The van der Waals surface area contributed by atoms with Gasteiger partial charge >= 0.3 is 0 Å². The maximum atomic E-state index is 12.5. The smallest absolute Gasteiger partial charge is 0.266 e. The van der Waals surface area contributed by atoms with E-state index in [4.69, 9.17) is 4.74 Å². The average molecular weight is 329 g/mol. The van der Waals surface area contributed by atoms with Crippen molar-refractivity contribution in [2.24, 2.45) is 0 Å². The Morgan fingerprint density at radius 3 is 2.75 bits per heavy atom. The lowest BCUT2D eigenvalue weighted by Crippen LogP contribution is -2.54. The van der Waals surface area contributed by atoms with Crippen molar-refractivity contribution in [1.29, 1.82) is 0 Å². The minimum absolute atomic E-state index is 0.00328. The zero-order chi connectivity index (χ0) is 16.7. The Morgan fingerprint density at radius 1 is 1.21 bits per heavy atom. The Kier molecular flexibility index (Phi) is 3.63. The molecule has 3 aliphatic rings. The molecule has 1 saturated heterocycles. The van der Waals surface area contributed by atoms with Crippen molar-refractivity contribution in [3.63, 3.8) is 0 Å². The second kappa shape index (κ2) is 5.81. The van der Waals surface area contributed by atoms with Crippen LogP contribution >= 0.6 is 0 Å². The summed E-state index contributed by atoms with van der Waals surface area (Å²) < 4.78 is 5.65. The van der Waals surface area contributed by atoms with Gasteiger partial charge in [0.15, 0.2) is 6.10 Å². The third-order valence-corrected chi connectivity index (χ3v) is 4.66. The molecule has 0 radical (unpaired) electrons. The second-order valence-corrected chi connectivity index (χ2v) is 6.43. The van der Waals surface area contributed by atoms with E-state index in [1.165, 1.54) is 4.90 Å². The number of rotatable bonds is 3. The molecule has 1 unspecified atom stereocenters. The molecule has 0 spiro atoms. The van der Waals surface area contributed by atoms with Gasteiger partial charge in [0.25, 0.3) is 5.91 Å². The number of nitrogens with one attached hydrogen (secondary N) is 1. The summed E-state index contributed by atoms with van der Waals surface area (Å²) in [5.41, 5.74) is 0.611. The topological polar surface area (TPSA) is 79.0 Å². The minimum atomic E-state index is -0.857. The molecule has 7 nitrogen and oxygen atoms in total. The lowest BCUT2D eigenvalue weighted by molar-refractivity contribution is -0.147. The van der Waals surface area contributed by atoms with Crippen LogP contribution in [0.15, 0.2) is 24.3 Å². The normalized spacial score (nSPS) is 23.4. The molecule has 3 amide bonds. The molecule has 0 bridgehead atoms. The number of anilines is 1. The molecule has 4 rings (SSSR count). The van der Waals surface area contributed by atoms with E-state index in [1.54, 1.807) is 18.2 Å². The molecule has 1 N–H and O–H groups in total. The van der Waals surface area contributed by atoms with Crippen molar-refractivity contribution in [3.05, 3.63) is 24.3 Å². The number of carbonyl (C=O) groups is 3. The molecule has 1 aromatic rings. The van der Waals surface area contributed by atoms with E-state index in [0.717, 1.165) is 12.8 Å². The summed E-state index contributed by atoms with van der Waals surface area (Å²) in [5.74, 6) is 0.00399. The van der Waals surface area contributed by atoms with Crippen LogP contribution in [-0.2, 0) is 14.4 Å². The predicted octanol–water partition coefficient (Wildman–Crippen LogP) is 0.609. The first-order valence-electron chi connectivity index (χ1n) is 8.25. The maximum absolute atomic E-state index is 12.5. The summed E-state index contributed by atoms with van der Waals surface area (Å²) >= 11 is 0. The van der Waals surface area contributed by atoms with Crippen LogP contribution in [0.3, 0.4) is 0 Å². The van der Waals surface area contributed by atoms with Crippen LogP contribution in [0.1, 0.15) is 19.3 Å². The number of fused-ring (bicyclic) bond motifs is 1. The Hall–Kier alpha value is -2.57. The number of hydrogen-bond acceptors (Lipinski definition) is 4. The number of nitrogens with zero attached hydrogens (tertiary/aromatic N) is 2. The Balaban J connectivity index is 1.38.